The van der Waals surface area contributed by atoms with Crippen molar-refractivity contribution in [2.24, 2.45) is 23.7 Å². The van der Waals surface area contributed by atoms with E-state index in [2.05, 4.69) is 12.2 Å². The zero-order chi connectivity index (χ0) is 16.1. The standard InChI is InChI=1S/C18H17NO4/c1-23-18(22)12-3-2-4-13(9-12)19-16(20)14-10-5-6-11(8-7-10)15(14)17(19)21/h2-6,9-11,14-15H,7-8H2,1H3/t10-,11-,14+,15+/m0/s1. The van der Waals surface area contributed by atoms with Gasteiger partial charge in [-0.1, -0.05) is 18.2 Å². The fraction of sp³-hybridized carbons (Fsp3) is 0.389. The van der Waals surface area contributed by atoms with Crippen LogP contribution in [0.3, 0.4) is 0 Å². The van der Waals surface area contributed by atoms with Gasteiger partial charge >= 0.3 is 5.97 Å². The average Bonchev–Trinajstić information content (AvgIpc) is 2.88. The summed E-state index contributed by atoms with van der Waals surface area (Å²) in [4.78, 5) is 38.6. The second-order valence-electron chi connectivity index (χ2n) is 6.40. The van der Waals surface area contributed by atoms with Crippen LogP contribution in [-0.4, -0.2) is 24.9 Å². The molecule has 118 valence electrons. The highest BCUT2D eigenvalue weighted by Crippen LogP contribution is 2.50. The van der Waals surface area contributed by atoms with Crippen LogP contribution in [0.5, 0.6) is 0 Å². The van der Waals surface area contributed by atoms with Gasteiger partial charge in [-0.2, -0.15) is 0 Å². The highest BCUT2D eigenvalue weighted by Gasteiger charge is 2.56. The number of carbonyl (C=O) groups excluding carboxylic acids is 3. The molecule has 1 heterocycles. The van der Waals surface area contributed by atoms with E-state index in [-0.39, 0.29) is 35.5 Å². The molecule has 2 amide bonds. The van der Waals surface area contributed by atoms with E-state index in [0.717, 1.165) is 12.8 Å². The smallest absolute Gasteiger partial charge is 0.337 e. The number of fused-ring (bicyclic) bond motifs is 1. The van der Waals surface area contributed by atoms with Crippen molar-refractivity contribution in [2.45, 2.75) is 12.8 Å². The highest BCUT2D eigenvalue weighted by molar-refractivity contribution is 6.22. The van der Waals surface area contributed by atoms with Gasteiger partial charge in [-0.15, -0.1) is 0 Å². The molecule has 5 nitrogen and oxygen atoms in total. The van der Waals surface area contributed by atoms with Gasteiger partial charge < -0.3 is 4.74 Å². The molecule has 1 saturated carbocycles. The summed E-state index contributed by atoms with van der Waals surface area (Å²) in [7, 11) is 1.30. The van der Waals surface area contributed by atoms with E-state index in [1.165, 1.54) is 12.0 Å². The van der Waals surface area contributed by atoms with Gasteiger partial charge in [0.2, 0.25) is 11.8 Å². The zero-order valence-corrected chi connectivity index (χ0v) is 12.8. The molecule has 0 aromatic heterocycles. The van der Waals surface area contributed by atoms with Crippen molar-refractivity contribution in [3.05, 3.63) is 42.0 Å². The van der Waals surface area contributed by atoms with E-state index in [1.54, 1.807) is 24.3 Å². The maximum Gasteiger partial charge on any atom is 0.337 e. The van der Waals surface area contributed by atoms with Crippen LogP contribution >= 0.6 is 0 Å². The summed E-state index contributed by atoms with van der Waals surface area (Å²) in [6, 6.07) is 6.51. The largest absolute Gasteiger partial charge is 0.465 e. The summed E-state index contributed by atoms with van der Waals surface area (Å²) in [6.45, 7) is 0. The van der Waals surface area contributed by atoms with Crippen LogP contribution in [0.4, 0.5) is 5.69 Å². The Bertz CT molecular complexity index is 706. The number of benzene rings is 1. The van der Waals surface area contributed by atoms with Gasteiger partial charge in [-0.3, -0.25) is 9.59 Å². The fourth-order valence-corrected chi connectivity index (χ4v) is 4.22. The minimum atomic E-state index is -0.481. The Morgan fingerprint density at radius 1 is 1.09 bits per heavy atom. The molecular weight excluding hydrogens is 294 g/mol. The molecule has 5 rings (SSSR count). The Morgan fingerprint density at radius 2 is 1.70 bits per heavy atom. The van der Waals surface area contributed by atoms with Crippen molar-refractivity contribution in [3.8, 4) is 0 Å². The number of anilines is 1. The number of carbonyl (C=O) groups is 3. The van der Waals surface area contributed by atoms with Crippen molar-refractivity contribution in [1.29, 1.82) is 0 Å². The van der Waals surface area contributed by atoms with Gasteiger partial charge in [0, 0.05) is 0 Å². The van der Waals surface area contributed by atoms with Crippen molar-refractivity contribution in [3.63, 3.8) is 0 Å². The fourth-order valence-electron chi connectivity index (χ4n) is 4.22. The maximum atomic E-state index is 12.8. The van der Waals surface area contributed by atoms with Crippen LogP contribution < -0.4 is 4.90 Å². The number of imide groups is 1. The number of allylic oxidation sites excluding steroid dienone is 2. The number of amides is 2. The number of ether oxygens (including phenoxy) is 1. The Balaban J connectivity index is 1.72. The number of methoxy groups -OCH3 is 1. The van der Waals surface area contributed by atoms with Crippen LogP contribution in [0.25, 0.3) is 0 Å². The lowest BCUT2D eigenvalue weighted by Crippen LogP contribution is -2.38. The number of esters is 1. The van der Waals surface area contributed by atoms with Gasteiger partial charge in [0.1, 0.15) is 0 Å². The van der Waals surface area contributed by atoms with Gasteiger partial charge in [0.05, 0.1) is 30.2 Å². The molecule has 3 aliphatic carbocycles. The molecule has 1 aromatic rings. The predicted molar refractivity (Wildman–Crippen MR) is 82.6 cm³/mol. The zero-order valence-electron chi connectivity index (χ0n) is 12.8. The summed E-state index contributed by atoms with van der Waals surface area (Å²) in [5, 5.41) is 0. The van der Waals surface area contributed by atoms with Crippen molar-refractivity contribution in [1.82, 2.24) is 0 Å². The Kier molecular flexibility index (Phi) is 3.11. The predicted octanol–water partition coefficient (Wildman–Crippen LogP) is 2.17. The molecule has 2 fully saturated rings. The number of hydrogen-bond acceptors (Lipinski definition) is 4. The third-order valence-corrected chi connectivity index (χ3v) is 5.28. The first-order valence-electron chi connectivity index (χ1n) is 7.86. The number of rotatable bonds is 2. The van der Waals surface area contributed by atoms with E-state index < -0.39 is 5.97 Å². The summed E-state index contributed by atoms with van der Waals surface area (Å²) >= 11 is 0. The molecule has 2 bridgehead atoms. The quantitative estimate of drug-likeness (QED) is 0.477. The molecule has 1 aliphatic heterocycles. The van der Waals surface area contributed by atoms with E-state index in [4.69, 9.17) is 4.74 Å². The monoisotopic (exact) mass is 311 g/mol. The van der Waals surface area contributed by atoms with Crippen LogP contribution in [0.2, 0.25) is 0 Å². The van der Waals surface area contributed by atoms with Gasteiger partial charge in [-0.05, 0) is 42.9 Å². The molecule has 1 saturated heterocycles. The molecule has 0 N–H and O–H groups in total. The third-order valence-electron chi connectivity index (χ3n) is 5.28. The first-order valence-corrected chi connectivity index (χ1v) is 7.86. The second-order valence-corrected chi connectivity index (χ2v) is 6.40. The van der Waals surface area contributed by atoms with E-state index in [0.29, 0.717) is 11.3 Å². The van der Waals surface area contributed by atoms with Crippen LogP contribution in [0, 0.1) is 23.7 Å². The maximum absolute atomic E-state index is 12.8. The van der Waals surface area contributed by atoms with Crippen LogP contribution in [-0.2, 0) is 14.3 Å². The number of nitrogens with zero attached hydrogens (tertiary/aromatic N) is 1. The minimum absolute atomic E-state index is 0.138. The average molecular weight is 311 g/mol. The van der Waals surface area contributed by atoms with E-state index in [9.17, 15) is 14.4 Å². The normalized spacial score (nSPS) is 31.4. The first kappa shape index (κ1) is 14.2. The van der Waals surface area contributed by atoms with Crippen molar-refractivity contribution >= 4 is 23.5 Å². The summed E-state index contributed by atoms with van der Waals surface area (Å²) in [5.74, 6) is -0.918. The van der Waals surface area contributed by atoms with Gasteiger partial charge in [0.25, 0.3) is 0 Å². The van der Waals surface area contributed by atoms with E-state index in [1.807, 2.05) is 0 Å². The second kappa shape index (κ2) is 5.05. The Labute approximate surface area is 133 Å². The van der Waals surface area contributed by atoms with Gasteiger partial charge in [0.15, 0.2) is 0 Å². The first-order chi connectivity index (χ1) is 11.1. The topological polar surface area (TPSA) is 63.7 Å². The van der Waals surface area contributed by atoms with Gasteiger partial charge in [-0.25, -0.2) is 9.69 Å². The molecule has 0 spiro atoms. The van der Waals surface area contributed by atoms with Crippen molar-refractivity contribution in [2.75, 3.05) is 12.0 Å². The van der Waals surface area contributed by atoms with Crippen LogP contribution in [0.1, 0.15) is 23.2 Å². The SMILES string of the molecule is COC(=O)c1cccc(N2C(=O)[C@H]3[C@H](C2=O)[C@H]2C=C[C@H]3CC2)c1. The summed E-state index contributed by atoms with van der Waals surface area (Å²) in [5.41, 5.74) is 0.790. The highest BCUT2D eigenvalue weighted by atomic mass is 16.5. The Morgan fingerprint density at radius 3 is 2.22 bits per heavy atom. The molecule has 1 aromatic carbocycles. The van der Waals surface area contributed by atoms with Crippen LogP contribution in [0.15, 0.2) is 36.4 Å². The molecular formula is C18H17NO4. The molecule has 0 radical (unpaired) electrons. The molecule has 4 aliphatic rings. The molecule has 4 atom stereocenters. The molecule has 0 unspecified atom stereocenters. The third kappa shape index (κ3) is 1.96. The molecule has 23 heavy (non-hydrogen) atoms. The lowest BCUT2D eigenvalue weighted by atomic mass is 9.63. The number of hydrogen-bond donors (Lipinski definition) is 0. The Hall–Kier alpha value is -2.43. The lowest BCUT2D eigenvalue weighted by molar-refractivity contribution is -0.124. The minimum Gasteiger partial charge on any atom is -0.465 e. The van der Waals surface area contributed by atoms with Crippen molar-refractivity contribution < 1.29 is 19.1 Å². The summed E-state index contributed by atoms with van der Waals surface area (Å²) in [6.07, 6.45) is 6.12. The lowest BCUT2D eigenvalue weighted by Gasteiger charge is -2.38. The van der Waals surface area contributed by atoms with E-state index >= 15 is 0 Å². The molecule has 5 heteroatoms. The summed E-state index contributed by atoms with van der Waals surface area (Å²) < 4.78 is 4.71.